The SMILES string of the molecule is CC(Nc1c(F)c(F)c(F)c(F)c1F)C1(C)CC1. The summed E-state index contributed by atoms with van der Waals surface area (Å²) in [6.45, 7) is 3.54. The summed E-state index contributed by atoms with van der Waals surface area (Å²) in [5, 5.41) is 2.39. The van der Waals surface area contributed by atoms with Gasteiger partial charge >= 0.3 is 0 Å². The van der Waals surface area contributed by atoms with Gasteiger partial charge in [-0.05, 0) is 25.2 Å². The van der Waals surface area contributed by atoms with E-state index < -0.39 is 34.8 Å². The summed E-state index contributed by atoms with van der Waals surface area (Å²) in [5.74, 6) is -9.63. The number of rotatable bonds is 3. The van der Waals surface area contributed by atoms with Gasteiger partial charge in [0.1, 0.15) is 5.69 Å². The highest BCUT2D eigenvalue weighted by atomic mass is 19.2. The number of anilines is 1. The van der Waals surface area contributed by atoms with Gasteiger partial charge in [-0.25, -0.2) is 22.0 Å². The molecule has 1 atom stereocenters. The lowest BCUT2D eigenvalue weighted by Gasteiger charge is -2.22. The second-order valence-corrected chi connectivity index (χ2v) is 4.96. The van der Waals surface area contributed by atoms with Crippen molar-refractivity contribution in [1.82, 2.24) is 0 Å². The van der Waals surface area contributed by atoms with Crippen molar-refractivity contribution in [1.29, 1.82) is 0 Å². The topological polar surface area (TPSA) is 12.0 Å². The highest BCUT2D eigenvalue weighted by Crippen LogP contribution is 2.49. The Morgan fingerprint density at radius 1 is 0.889 bits per heavy atom. The molecule has 1 aromatic rings. The van der Waals surface area contributed by atoms with Crippen LogP contribution >= 0.6 is 0 Å². The standard InChI is InChI=1S/C12H12F5N/c1-5(12(2)3-4-12)18-11-9(16)7(14)6(13)8(15)10(11)17/h5,18H,3-4H2,1-2H3. The molecule has 0 bridgehead atoms. The summed E-state index contributed by atoms with van der Waals surface area (Å²) in [6, 6.07) is -0.370. The van der Waals surface area contributed by atoms with E-state index in [0.717, 1.165) is 12.8 Å². The van der Waals surface area contributed by atoms with Crippen LogP contribution in [-0.4, -0.2) is 6.04 Å². The number of halogens is 5. The van der Waals surface area contributed by atoms with E-state index in [-0.39, 0.29) is 11.5 Å². The maximum Gasteiger partial charge on any atom is 0.200 e. The van der Waals surface area contributed by atoms with Gasteiger partial charge in [-0.2, -0.15) is 0 Å². The van der Waals surface area contributed by atoms with Crippen LogP contribution in [0.1, 0.15) is 26.7 Å². The lowest BCUT2D eigenvalue weighted by atomic mass is 10.0. The van der Waals surface area contributed by atoms with Crippen LogP contribution in [0.25, 0.3) is 0 Å². The fourth-order valence-corrected chi connectivity index (χ4v) is 1.75. The van der Waals surface area contributed by atoms with Crippen molar-refractivity contribution in [3.8, 4) is 0 Å². The average Bonchev–Trinajstić information content (AvgIpc) is 3.09. The van der Waals surface area contributed by atoms with Crippen molar-refractivity contribution >= 4 is 5.69 Å². The molecule has 0 spiro atoms. The molecule has 1 aromatic carbocycles. The first-order chi connectivity index (χ1) is 8.28. The molecular weight excluding hydrogens is 253 g/mol. The molecule has 0 aromatic heterocycles. The molecule has 6 heteroatoms. The molecule has 1 aliphatic carbocycles. The Balaban J connectivity index is 2.39. The largest absolute Gasteiger partial charge is 0.377 e. The highest BCUT2D eigenvalue weighted by molar-refractivity contribution is 5.49. The van der Waals surface area contributed by atoms with Crippen molar-refractivity contribution in [2.75, 3.05) is 5.32 Å². The lowest BCUT2D eigenvalue weighted by molar-refractivity contribution is 0.378. The maximum absolute atomic E-state index is 13.4. The molecule has 0 aliphatic heterocycles. The minimum atomic E-state index is -2.14. The second-order valence-electron chi connectivity index (χ2n) is 4.96. The van der Waals surface area contributed by atoms with Crippen LogP contribution in [-0.2, 0) is 0 Å². The van der Waals surface area contributed by atoms with Gasteiger partial charge in [-0.1, -0.05) is 6.92 Å². The van der Waals surface area contributed by atoms with Crippen LogP contribution in [0.2, 0.25) is 0 Å². The summed E-state index contributed by atoms with van der Waals surface area (Å²) in [7, 11) is 0. The predicted molar refractivity (Wildman–Crippen MR) is 56.7 cm³/mol. The smallest absolute Gasteiger partial charge is 0.200 e. The molecule has 2 rings (SSSR count). The van der Waals surface area contributed by atoms with Gasteiger partial charge in [0.2, 0.25) is 5.82 Å². The number of hydrogen-bond acceptors (Lipinski definition) is 1. The summed E-state index contributed by atoms with van der Waals surface area (Å²) in [6.07, 6.45) is 1.72. The summed E-state index contributed by atoms with van der Waals surface area (Å²) < 4.78 is 65.5. The van der Waals surface area contributed by atoms with Crippen molar-refractivity contribution in [3.05, 3.63) is 29.1 Å². The molecule has 0 amide bonds. The van der Waals surface area contributed by atoms with Gasteiger partial charge in [-0.3, -0.25) is 0 Å². The molecule has 1 unspecified atom stereocenters. The first kappa shape index (κ1) is 13.1. The van der Waals surface area contributed by atoms with Gasteiger partial charge in [-0.15, -0.1) is 0 Å². The van der Waals surface area contributed by atoms with Crippen LogP contribution in [0, 0.1) is 34.5 Å². The molecule has 100 valence electrons. The lowest BCUT2D eigenvalue weighted by Crippen LogP contribution is -2.26. The molecule has 18 heavy (non-hydrogen) atoms. The zero-order valence-electron chi connectivity index (χ0n) is 9.88. The Morgan fingerprint density at radius 2 is 1.28 bits per heavy atom. The zero-order valence-corrected chi connectivity index (χ0v) is 9.88. The van der Waals surface area contributed by atoms with E-state index in [1.54, 1.807) is 6.92 Å². The zero-order chi connectivity index (χ0) is 13.7. The van der Waals surface area contributed by atoms with Crippen LogP contribution in [0.3, 0.4) is 0 Å². The fourth-order valence-electron chi connectivity index (χ4n) is 1.75. The fraction of sp³-hybridized carbons (Fsp3) is 0.500. The minimum Gasteiger partial charge on any atom is -0.377 e. The minimum absolute atomic E-state index is 0.153. The molecule has 0 saturated heterocycles. The van der Waals surface area contributed by atoms with Crippen molar-refractivity contribution in [3.63, 3.8) is 0 Å². The summed E-state index contributed by atoms with van der Waals surface area (Å²) in [4.78, 5) is 0. The Bertz CT molecular complexity index is 467. The first-order valence-electron chi connectivity index (χ1n) is 5.56. The number of nitrogens with one attached hydrogen (secondary N) is 1. The van der Waals surface area contributed by atoms with Crippen LogP contribution in [0.15, 0.2) is 0 Å². The average molecular weight is 265 g/mol. The molecular formula is C12H12F5N. The van der Waals surface area contributed by atoms with E-state index in [9.17, 15) is 22.0 Å². The van der Waals surface area contributed by atoms with Crippen molar-refractivity contribution in [2.24, 2.45) is 5.41 Å². The Labute approximate surface area is 101 Å². The van der Waals surface area contributed by atoms with Crippen molar-refractivity contribution in [2.45, 2.75) is 32.7 Å². The number of hydrogen-bond donors (Lipinski definition) is 1. The summed E-state index contributed by atoms with van der Waals surface area (Å²) >= 11 is 0. The monoisotopic (exact) mass is 265 g/mol. The normalized spacial score (nSPS) is 18.6. The van der Waals surface area contributed by atoms with E-state index in [2.05, 4.69) is 5.32 Å². The van der Waals surface area contributed by atoms with Crippen LogP contribution < -0.4 is 5.32 Å². The van der Waals surface area contributed by atoms with E-state index >= 15 is 0 Å². The van der Waals surface area contributed by atoms with Gasteiger partial charge in [0.25, 0.3) is 0 Å². The molecule has 1 aliphatic rings. The van der Waals surface area contributed by atoms with Crippen molar-refractivity contribution < 1.29 is 22.0 Å². The Hall–Kier alpha value is -1.33. The third kappa shape index (κ3) is 1.93. The van der Waals surface area contributed by atoms with E-state index in [1.165, 1.54) is 0 Å². The van der Waals surface area contributed by atoms with E-state index in [0.29, 0.717) is 0 Å². The Morgan fingerprint density at radius 3 is 1.67 bits per heavy atom. The molecule has 1 nitrogen and oxygen atoms in total. The van der Waals surface area contributed by atoms with E-state index in [4.69, 9.17) is 0 Å². The van der Waals surface area contributed by atoms with Gasteiger partial charge < -0.3 is 5.32 Å². The quantitative estimate of drug-likeness (QED) is 0.495. The Kier molecular flexibility index (Phi) is 2.99. The van der Waals surface area contributed by atoms with Crippen LogP contribution in [0.4, 0.5) is 27.6 Å². The predicted octanol–water partition coefficient (Wildman–Crippen LogP) is 3.98. The third-order valence-corrected chi connectivity index (χ3v) is 3.65. The molecule has 1 N–H and O–H groups in total. The maximum atomic E-state index is 13.4. The summed E-state index contributed by atoms with van der Waals surface area (Å²) in [5.41, 5.74) is -1.10. The third-order valence-electron chi connectivity index (χ3n) is 3.65. The molecule has 1 fully saturated rings. The highest BCUT2D eigenvalue weighted by Gasteiger charge is 2.43. The second kappa shape index (κ2) is 4.10. The van der Waals surface area contributed by atoms with Crippen LogP contribution in [0.5, 0.6) is 0 Å². The molecule has 0 heterocycles. The van der Waals surface area contributed by atoms with Gasteiger partial charge in [0, 0.05) is 6.04 Å². The molecule has 1 saturated carbocycles. The van der Waals surface area contributed by atoms with E-state index in [1.807, 2.05) is 6.92 Å². The van der Waals surface area contributed by atoms with Gasteiger partial charge in [0.15, 0.2) is 23.3 Å². The number of benzene rings is 1. The first-order valence-corrected chi connectivity index (χ1v) is 5.56. The molecule has 0 radical (unpaired) electrons. The van der Waals surface area contributed by atoms with Gasteiger partial charge in [0.05, 0.1) is 0 Å².